The van der Waals surface area contributed by atoms with Crippen molar-refractivity contribution in [3.05, 3.63) is 83.9 Å². The summed E-state index contributed by atoms with van der Waals surface area (Å²) in [6, 6.07) is 22.7. The van der Waals surface area contributed by atoms with Gasteiger partial charge in [0, 0.05) is 19.3 Å². The molecule has 2 aliphatic heterocycles. The number of carbonyl (C=O) groups excluding carboxylic acids is 2. The van der Waals surface area contributed by atoms with E-state index in [1.807, 2.05) is 30.3 Å². The van der Waals surface area contributed by atoms with Gasteiger partial charge in [-0.05, 0) is 47.7 Å². The number of benzene rings is 3. The molecule has 2 heterocycles. The predicted molar refractivity (Wildman–Crippen MR) is 153 cm³/mol. The van der Waals surface area contributed by atoms with Crippen LogP contribution >= 0.6 is 0 Å². The highest BCUT2D eigenvalue weighted by Gasteiger charge is 2.39. The van der Waals surface area contributed by atoms with Gasteiger partial charge in [0.25, 0.3) is 5.91 Å². The molecule has 5 rings (SSSR count). The zero-order chi connectivity index (χ0) is 28.3. The van der Waals surface area contributed by atoms with Gasteiger partial charge in [-0.1, -0.05) is 54.6 Å². The molecule has 9 nitrogen and oxygen atoms in total. The SMILES string of the molecule is CN1C(=O)c2cc(NS(C)(=O)=O)ccc2OC[C@H]2O[C@@H](CC(=O)NCc3ccc(-c4ccccc4)cc3)CC[C@H]21. The molecule has 1 fully saturated rings. The molecule has 0 spiro atoms. The number of sulfonamides is 1. The molecular formula is C30H33N3O6S. The maximum absolute atomic E-state index is 13.3. The molecule has 0 aromatic heterocycles. The van der Waals surface area contributed by atoms with Crippen molar-refractivity contribution >= 4 is 27.5 Å². The number of amides is 2. The van der Waals surface area contributed by atoms with Crippen LogP contribution in [0.3, 0.4) is 0 Å². The number of hydrogen-bond acceptors (Lipinski definition) is 6. The number of fused-ring (bicyclic) bond motifs is 2. The summed E-state index contributed by atoms with van der Waals surface area (Å²) in [7, 11) is -1.77. The molecule has 40 heavy (non-hydrogen) atoms. The predicted octanol–water partition coefficient (Wildman–Crippen LogP) is 3.81. The van der Waals surface area contributed by atoms with Crippen LogP contribution in [0.1, 0.15) is 35.2 Å². The third-order valence-corrected chi connectivity index (χ3v) is 7.89. The normalized spacial score (nSPS) is 20.8. The number of nitrogens with zero attached hydrogens (tertiary/aromatic N) is 1. The largest absolute Gasteiger partial charge is 0.490 e. The van der Waals surface area contributed by atoms with E-state index in [0.717, 1.165) is 22.9 Å². The lowest BCUT2D eigenvalue weighted by molar-refractivity contribution is -0.134. The first-order valence-electron chi connectivity index (χ1n) is 13.2. The second-order valence-electron chi connectivity index (χ2n) is 10.3. The van der Waals surface area contributed by atoms with E-state index >= 15 is 0 Å². The van der Waals surface area contributed by atoms with Gasteiger partial charge in [-0.25, -0.2) is 8.42 Å². The fourth-order valence-electron chi connectivity index (χ4n) is 5.23. The summed E-state index contributed by atoms with van der Waals surface area (Å²) in [5, 5.41) is 2.99. The number of nitrogens with one attached hydrogen (secondary N) is 2. The molecule has 3 atom stereocenters. The van der Waals surface area contributed by atoms with E-state index in [2.05, 4.69) is 34.3 Å². The average Bonchev–Trinajstić information content (AvgIpc) is 2.94. The Balaban J connectivity index is 1.17. The van der Waals surface area contributed by atoms with E-state index in [1.165, 1.54) is 6.07 Å². The fourth-order valence-corrected chi connectivity index (χ4v) is 5.79. The van der Waals surface area contributed by atoms with Gasteiger partial charge in [0.05, 0.1) is 30.4 Å². The third kappa shape index (κ3) is 6.63. The maximum Gasteiger partial charge on any atom is 0.257 e. The number of carbonyl (C=O) groups is 2. The highest BCUT2D eigenvalue weighted by atomic mass is 32.2. The molecule has 0 bridgehead atoms. The topological polar surface area (TPSA) is 114 Å². The van der Waals surface area contributed by atoms with Crippen LogP contribution in [0.15, 0.2) is 72.8 Å². The second-order valence-corrected chi connectivity index (χ2v) is 12.0. The zero-order valence-corrected chi connectivity index (χ0v) is 23.3. The Morgan fingerprint density at radius 3 is 2.45 bits per heavy atom. The molecule has 210 valence electrons. The van der Waals surface area contributed by atoms with Crippen molar-refractivity contribution in [2.45, 2.75) is 44.1 Å². The quantitative estimate of drug-likeness (QED) is 0.452. The van der Waals surface area contributed by atoms with Crippen LogP contribution in [0.5, 0.6) is 5.75 Å². The molecule has 1 saturated heterocycles. The van der Waals surface area contributed by atoms with Gasteiger partial charge in [-0.15, -0.1) is 0 Å². The molecule has 3 aromatic rings. The van der Waals surface area contributed by atoms with Gasteiger partial charge in [-0.3, -0.25) is 14.3 Å². The van der Waals surface area contributed by atoms with Crippen LogP contribution in [0.2, 0.25) is 0 Å². The van der Waals surface area contributed by atoms with Crippen LogP contribution < -0.4 is 14.8 Å². The van der Waals surface area contributed by atoms with Crippen LogP contribution in [-0.2, 0) is 26.1 Å². The lowest BCUT2D eigenvalue weighted by atomic mass is 9.94. The Labute approximate surface area is 234 Å². The highest BCUT2D eigenvalue weighted by Crippen LogP contribution is 2.32. The summed E-state index contributed by atoms with van der Waals surface area (Å²) in [5.74, 6) is -0.0148. The van der Waals surface area contributed by atoms with E-state index < -0.39 is 16.1 Å². The first-order chi connectivity index (χ1) is 19.2. The maximum atomic E-state index is 13.3. The van der Waals surface area contributed by atoms with Crippen LogP contribution in [0.25, 0.3) is 11.1 Å². The number of rotatable bonds is 7. The van der Waals surface area contributed by atoms with Crippen molar-refractivity contribution in [1.82, 2.24) is 10.2 Å². The van der Waals surface area contributed by atoms with Gasteiger partial charge in [-0.2, -0.15) is 0 Å². The Bertz CT molecular complexity index is 1480. The molecule has 2 aliphatic rings. The average molecular weight is 564 g/mol. The van der Waals surface area contributed by atoms with Crippen molar-refractivity contribution < 1.29 is 27.5 Å². The van der Waals surface area contributed by atoms with E-state index in [-0.39, 0.29) is 42.6 Å². The van der Waals surface area contributed by atoms with Crippen LogP contribution in [-0.4, -0.2) is 63.3 Å². The lowest BCUT2D eigenvalue weighted by Gasteiger charge is -2.42. The molecular weight excluding hydrogens is 530 g/mol. The molecule has 2 amide bonds. The summed E-state index contributed by atoms with van der Waals surface area (Å²) in [5.41, 5.74) is 3.86. The Morgan fingerprint density at radius 2 is 1.73 bits per heavy atom. The van der Waals surface area contributed by atoms with Crippen molar-refractivity contribution in [2.75, 3.05) is 24.6 Å². The number of hydrogen-bond donors (Lipinski definition) is 2. The molecule has 0 saturated carbocycles. The number of likely N-dealkylation sites (N-methyl/N-ethyl adjacent to an activating group) is 1. The first kappa shape index (κ1) is 27.7. The zero-order valence-electron chi connectivity index (χ0n) is 22.5. The molecule has 2 N–H and O–H groups in total. The Kier molecular flexibility index (Phi) is 8.09. The van der Waals surface area contributed by atoms with Gasteiger partial charge in [0.2, 0.25) is 15.9 Å². The number of anilines is 1. The summed E-state index contributed by atoms with van der Waals surface area (Å²) in [6.07, 6.45) is 1.88. The van der Waals surface area contributed by atoms with E-state index in [9.17, 15) is 18.0 Å². The first-order valence-corrected chi connectivity index (χ1v) is 15.1. The van der Waals surface area contributed by atoms with Gasteiger partial charge in [0.15, 0.2) is 0 Å². The third-order valence-electron chi connectivity index (χ3n) is 7.28. The van der Waals surface area contributed by atoms with Gasteiger partial charge >= 0.3 is 0 Å². The van der Waals surface area contributed by atoms with E-state index in [0.29, 0.717) is 30.8 Å². The van der Waals surface area contributed by atoms with Crippen LogP contribution in [0.4, 0.5) is 5.69 Å². The molecule has 3 aromatic carbocycles. The van der Waals surface area contributed by atoms with Crippen molar-refractivity contribution in [3.8, 4) is 16.9 Å². The molecule has 0 unspecified atom stereocenters. The lowest BCUT2D eigenvalue weighted by Crippen LogP contribution is -2.53. The summed E-state index contributed by atoms with van der Waals surface area (Å²) >= 11 is 0. The van der Waals surface area contributed by atoms with E-state index in [4.69, 9.17) is 9.47 Å². The Morgan fingerprint density at radius 1 is 1.00 bits per heavy atom. The van der Waals surface area contributed by atoms with Crippen molar-refractivity contribution in [1.29, 1.82) is 0 Å². The summed E-state index contributed by atoms with van der Waals surface area (Å²) in [4.78, 5) is 27.7. The minimum Gasteiger partial charge on any atom is -0.490 e. The fraction of sp³-hybridized carbons (Fsp3) is 0.333. The van der Waals surface area contributed by atoms with Gasteiger partial charge in [0.1, 0.15) is 18.5 Å². The molecule has 10 heteroatoms. The minimum atomic E-state index is -3.49. The van der Waals surface area contributed by atoms with Crippen molar-refractivity contribution in [2.24, 2.45) is 0 Å². The highest BCUT2D eigenvalue weighted by molar-refractivity contribution is 7.92. The second kappa shape index (κ2) is 11.7. The van der Waals surface area contributed by atoms with Gasteiger partial charge < -0.3 is 19.7 Å². The van der Waals surface area contributed by atoms with Crippen molar-refractivity contribution in [3.63, 3.8) is 0 Å². The summed E-state index contributed by atoms with van der Waals surface area (Å²) in [6.45, 7) is 0.639. The minimum absolute atomic E-state index is 0.0944. The van der Waals surface area contributed by atoms with Crippen LogP contribution in [0, 0.1) is 0 Å². The van der Waals surface area contributed by atoms with E-state index in [1.54, 1.807) is 24.1 Å². The summed E-state index contributed by atoms with van der Waals surface area (Å²) < 4.78 is 37.9. The smallest absolute Gasteiger partial charge is 0.257 e. The monoisotopic (exact) mass is 563 g/mol. The Hall–Kier alpha value is -3.89. The standard InChI is InChI=1S/C30H33N3O6S/c1-33-26-14-13-24(17-29(34)31-18-20-8-10-22(11-9-20)21-6-4-3-5-7-21)39-28(26)19-38-27-15-12-23(32-40(2,36)37)16-25(27)30(33)35/h3-12,15-16,24,26,28,32H,13-14,17-19H2,1-2H3,(H,31,34)/t24-,26-,28-/m1/s1. The molecule has 0 radical (unpaired) electrons. The molecule has 0 aliphatic carbocycles. The number of ether oxygens (including phenoxy) is 2.